The van der Waals surface area contributed by atoms with Gasteiger partial charge in [0.15, 0.2) is 0 Å². The highest BCUT2D eigenvalue weighted by Gasteiger charge is 2.17. The molecule has 3 heteroatoms. The smallest absolute Gasteiger partial charge is 0.0788 e. The zero-order valence-electron chi connectivity index (χ0n) is 22.8. The third kappa shape index (κ3) is 4.11. The number of para-hydroxylation sites is 1. The summed E-state index contributed by atoms with van der Waals surface area (Å²) in [5.74, 6) is 0. The average Bonchev–Trinajstić information content (AvgIpc) is 3.08. The SMILES string of the molecule is c1ccc(-c2nc3ccccc3c3c2cc(-c2cc(-c4cccnc4)cc(-c4cccnc4)c2)c2ccccc23)cc1. The van der Waals surface area contributed by atoms with Crippen LogP contribution < -0.4 is 0 Å². The van der Waals surface area contributed by atoms with Crippen molar-refractivity contribution in [3.05, 3.63) is 152 Å². The van der Waals surface area contributed by atoms with Crippen LogP contribution in [0.4, 0.5) is 0 Å². The Bertz CT molecular complexity index is 2170. The summed E-state index contributed by atoms with van der Waals surface area (Å²) in [5.41, 5.74) is 9.79. The van der Waals surface area contributed by atoms with Gasteiger partial charge in [-0.3, -0.25) is 9.97 Å². The van der Waals surface area contributed by atoms with Gasteiger partial charge in [0.2, 0.25) is 0 Å². The van der Waals surface area contributed by atoms with E-state index in [1.54, 1.807) is 0 Å². The Morgan fingerprint density at radius 2 is 0.952 bits per heavy atom. The van der Waals surface area contributed by atoms with Crippen LogP contribution in [0.1, 0.15) is 0 Å². The fourth-order valence-corrected chi connectivity index (χ4v) is 6.05. The lowest BCUT2D eigenvalue weighted by Gasteiger charge is -2.17. The maximum Gasteiger partial charge on any atom is 0.0788 e. The van der Waals surface area contributed by atoms with Gasteiger partial charge in [-0.2, -0.15) is 0 Å². The monoisotopic (exact) mass is 535 g/mol. The van der Waals surface area contributed by atoms with Crippen LogP contribution in [-0.2, 0) is 0 Å². The Morgan fingerprint density at radius 3 is 1.62 bits per heavy atom. The van der Waals surface area contributed by atoms with Gasteiger partial charge in [-0.15, -0.1) is 0 Å². The minimum absolute atomic E-state index is 0.993. The van der Waals surface area contributed by atoms with Crippen molar-refractivity contribution in [2.75, 3.05) is 0 Å². The minimum Gasteiger partial charge on any atom is -0.264 e. The number of pyridine rings is 3. The van der Waals surface area contributed by atoms with Gasteiger partial charge in [-0.05, 0) is 75.5 Å². The van der Waals surface area contributed by atoms with Crippen molar-refractivity contribution < 1.29 is 0 Å². The van der Waals surface area contributed by atoms with Crippen molar-refractivity contribution in [3.8, 4) is 44.6 Å². The van der Waals surface area contributed by atoms with E-state index in [2.05, 4.69) is 125 Å². The maximum atomic E-state index is 5.23. The Morgan fingerprint density at radius 1 is 0.381 bits per heavy atom. The summed E-state index contributed by atoms with van der Waals surface area (Å²) in [4.78, 5) is 14.0. The number of rotatable bonds is 4. The molecule has 0 spiro atoms. The molecule has 3 aromatic heterocycles. The fourth-order valence-electron chi connectivity index (χ4n) is 6.05. The van der Waals surface area contributed by atoms with E-state index in [4.69, 9.17) is 4.98 Å². The molecule has 196 valence electrons. The molecule has 0 saturated carbocycles. The van der Waals surface area contributed by atoms with Crippen molar-refractivity contribution in [2.45, 2.75) is 0 Å². The summed E-state index contributed by atoms with van der Waals surface area (Å²) >= 11 is 0. The number of benzene rings is 5. The van der Waals surface area contributed by atoms with E-state index >= 15 is 0 Å². The minimum atomic E-state index is 0.993. The maximum absolute atomic E-state index is 5.23. The number of fused-ring (bicyclic) bond motifs is 5. The second-order valence-corrected chi connectivity index (χ2v) is 10.5. The van der Waals surface area contributed by atoms with Gasteiger partial charge in [0.1, 0.15) is 0 Å². The molecule has 0 saturated heterocycles. The van der Waals surface area contributed by atoms with Gasteiger partial charge >= 0.3 is 0 Å². The largest absolute Gasteiger partial charge is 0.264 e. The van der Waals surface area contributed by atoms with Crippen molar-refractivity contribution in [2.24, 2.45) is 0 Å². The molecule has 5 aromatic carbocycles. The summed E-state index contributed by atoms with van der Waals surface area (Å²) < 4.78 is 0. The molecule has 0 bridgehead atoms. The molecular formula is C39H25N3. The van der Waals surface area contributed by atoms with Gasteiger partial charge in [0.25, 0.3) is 0 Å². The van der Waals surface area contributed by atoms with Crippen LogP contribution in [0.3, 0.4) is 0 Å². The molecule has 8 rings (SSSR count). The van der Waals surface area contributed by atoms with Crippen molar-refractivity contribution in [3.63, 3.8) is 0 Å². The Kier molecular flexibility index (Phi) is 5.79. The van der Waals surface area contributed by atoms with E-state index in [0.717, 1.165) is 55.4 Å². The van der Waals surface area contributed by atoms with E-state index in [1.807, 2.05) is 36.9 Å². The molecule has 0 unspecified atom stereocenters. The lowest BCUT2D eigenvalue weighted by atomic mass is 9.88. The lowest BCUT2D eigenvalue weighted by molar-refractivity contribution is 1.32. The van der Waals surface area contributed by atoms with E-state index in [9.17, 15) is 0 Å². The molecule has 0 N–H and O–H groups in total. The zero-order valence-corrected chi connectivity index (χ0v) is 22.8. The average molecular weight is 536 g/mol. The third-order valence-electron chi connectivity index (χ3n) is 7.99. The van der Waals surface area contributed by atoms with Gasteiger partial charge in [-0.25, -0.2) is 4.98 Å². The highest BCUT2D eigenvalue weighted by atomic mass is 14.7. The molecule has 3 heterocycles. The molecule has 0 radical (unpaired) electrons. The standard InChI is InChI=1S/C39H25N3/c1-2-10-26(11-3-1)39-36-23-35(32-14-4-5-15-33(32)38(36)34-16-6-7-17-37(34)42-39)31-21-29(27-12-8-18-40-24-27)20-30(22-31)28-13-9-19-41-25-28/h1-25H. The molecule has 0 aliphatic heterocycles. The molecule has 0 amide bonds. The van der Waals surface area contributed by atoms with Crippen molar-refractivity contribution in [1.82, 2.24) is 15.0 Å². The summed E-state index contributed by atoms with van der Waals surface area (Å²) in [7, 11) is 0. The van der Waals surface area contributed by atoms with Crippen molar-refractivity contribution >= 4 is 32.4 Å². The van der Waals surface area contributed by atoms with Gasteiger partial charge in [0, 0.05) is 57.6 Å². The normalized spacial score (nSPS) is 11.3. The molecule has 0 aliphatic rings. The first kappa shape index (κ1) is 24.2. The van der Waals surface area contributed by atoms with Crippen LogP contribution in [-0.4, -0.2) is 15.0 Å². The number of hydrogen-bond acceptors (Lipinski definition) is 3. The van der Waals surface area contributed by atoms with Crippen molar-refractivity contribution in [1.29, 1.82) is 0 Å². The highest BCUT2D eigenvalue weighted by Crippen LogP contribution is 2.43. The predicted octanol–water partition coefficient (Wildman–Crippen LogP) is 10.00. The molecule has 0 aliphatic carbocycles. The van der Waals surface area contributed by atoms with Gasteiger partial charge in [-0.1, -0.05) is 84.9 Å². The summed E-state index contributed by atoms with van der Waals surface area (Å²) in [6.07, 6.45) is 7.48. The Balaban J connectivity index is 1.50. The molecule has 0 fully saturated rings. The van der Waals surface area contributed by atoms with Crippen LogP contribution in [0.5, 0.6) is 0 Å². The summed E-state index contributed by atoms with van der Waals surface area (Å²) in [6, 6.07) is 45.1. The molecule has 0 atom stereocenters. The Hall–Kier alpha value is -5.67. The van der Waals surface area contributed by atoms with Crippen LogP contribution in [0.15, 0.2) is 152 Å². The second-order valence-electron chi connectivity index (χ2n) is 10.5. The number of nitrogens with zero attached hydrogens (tertiary/aromatic N) is 3. The first-order valence-corrected chi connectivity index (χ1v) is 14.1. The van der Waals surface area contributed by atoms with Gasteiger partial charge in [0.05, 0.1) is 11.2 Å². The fraction of sp³-hybridized carbons (Fsp3) is 0. The molecule has 8 aromatic rings. The highest BCUT2D eigenvalue weighted by molar-refractivity contribution is 6.25. The molecule has 42 heavy (non-hydrogen) atoms. The van der Waals surface area contributed by atoms with Crippen LogP contribution in [0.25, 0.3) is 77.1 Å². The van der Waals surface area contributed by atoms with E-state index in [0.29, 0.717) is 0 Å². The number of hydrogen-bond donors (Lipinski definition) is 0. The van der Waals surface area contributed by atoms with E-state index < -0.39 is 0 Å². The first-order chi connectivity index (χ1) is 20.8. The topological polar surface area (TPSA) is 38.7 Å². The summed E-state index contributed by atoms with van der Waals surface area (Å²) in [5, 5.41) is 5.96. The predicted molar refractivity (Wildman–Crippen MR) is 174 cm³/mol. The van der Waals surface area contributed by atoms with E-state index in [1.165, 1.54) is 21.7 Å². The summed E-state index contributed by atoms with van der Waals surface area (Å²) in [6.45, 7) is 0. The zero-order chi connectivity index (χ0) is 27.9. The van der Waals surface area contributed by atoms with Crippen LogP contribution >= 0.6 is 0 Å². The second kappa shape index (κ2) is 10.1. The molecule has 3 nitrogen and oxygen atoms in total. The van der Waals surface area contributed by atoms with Gasteiger partial charge < -0.3 is 0 Å². The first-order valence-electron chi connectivity index (χ1n) is 14.1. The van der Waals surface area contributed by atoms with Crippen LogP contribution in [0, 0.1) is 0 Å². The van der Waals surface area contributed by atoms with E-state index in [-0.39, 0.29) is 0 Å². The van der Waals surface area contributed by atoms with Crippen LogP contribution in [0.2, 0.25) is 0 Å². The number of aromatic nitrogens is 3. The lowest BCUT2D eigenvalue weighted by Crippen LogP contribution is -1.93. The third-order valence-corrected chi connectivity index (χ3v) is 7.99. The molecular weight excluding hydrogens is 510 g/mol. The quantitative estimate of drug-likeness (QED) is 0.211. The Labute approximate surface area is 243 Å².